The molecule has 1 saturated heterocycles. The molecule has 5 heteroatoms. The second-order valence-electron chi connectivity index (χ2n) is 6.39. The van der Waals surface area contributed by atoms with Crippen LogP contribution in [0.2, 0.25) is 0 Å². The Morgan fingerprint density at radius 1 is 1.35 bits per heavy atom. The second-order valence-corrected chi connectivity index (χ2v) is 6.39. The fraction of sp³-hybridized carbons (Fsp3) is 0.500. The van der Waals surface area contributed by atoms with Crippen LogP contribution in [0.3, 0.4) is 0 Å². The van der Waals surface area contributed by atoms with Crippen LogP contribution in [0.15, 0.2) is 30.6 Å². The van der Waals surface area contributed by atoms with Crippen LogP contribution in [-0.4, -0.2) is 40.9 Å². The van der Waals surface area contributed by atoms with Gasteiger partial charge in [-0.25, -0.2) is 0 Å². The summed E-state index contributed by atoms with van der Waals surface area (Å²) in [5.74, 6) is 0. The van der Waals surface area contributed by atoms with E-state index in [1.807, 2.05) is 25.0 Å². The van der Waals surface area contributed by atoms with Crippen molar-refractivity contribution in [2.75, 3.05) is 20.1 Å². The molecule has 126 valence electrons. The predicted octanol–water partition coefficient (Wildman–Crippen LogP) is 3.00. The molecule has 0 saturated carbocycles. The predicted molar refractivity (Wildman–Crippen MR) is 98.0 cm³/mol. The SMILES string of the molecule is CNCC1CCCN1Cc1ccc(C)cc1-c1cnn(C)c1.Cl. The van der Waals surface area contributed by atoms with Crippen LogP contribution in [0.1, 0.15) is 24.0 Å². The summed E-state index contributed by atoms with van der Waals surface area (Å²) in [6.07, 6.45) is 6.68. The van der Waals surface area contributed by atoms with Crippen LogP contribution in [0.5, 0.6) is 0 Å². The van der Waals surface area contributed by atoms with Crippen molar-refractivity contribution >= 4 is 12.4 Å². The number of benzene rings is 1. The van der Waals surface area contributed by atoms with E-state index in [0.29, 0.717) is 6.04 Å². The molecule has 2 aromatic rings. The Morgan fingerprint density at radius 3 is 2.87 bits per heavy atom. The molecule has 0 aliphatic carbocycles. The average molecular weight is 335 g/mol. The van der Waals surface area contributed by atoms with Gasteiger partial charge in [0.05, 0.1) is 6.20 Å². The lowest BCUT2D eigenvalue weighted by molar-refractivity contribution is 0.242. The molecule has 4 nitrogen and oxygen atoms in total. The number of likely N-dealkylation sites (tertiary alicyclic amines) is 1. The molecule has 3 rings (SSSR count). The highest BCUT2D eigenvalue weighted by Gasteiger charge is 2.24. The zero-order chi connectivity index (χ0) is 15.5. The van der Waals surface area contributed by atoms with E-state index >= 15 is 0 Å². The molecular weight excluding hydrogens is 308 g/mol. The molecule has 1 atom stereocenters. The highest BCUT2D eigenvalue weighted by molar-refractivity contribution is 5.85. The molecule has 0 amide bonds. The third-order valence-corrected chi connectivity index (χ3v) is 4.59. The number of nitrogens with zero attached hydrogens (tertiary/aromatic N) is 3. The summed E-state index contributed by atoms with van der Waals surface area (Å²) in [4.78, 5) is 2.61. The first-order valence-corrected chi connectivity index (χ1v) is 8.14. The zero-order valence-electron chi connectivity index (χ0n) is 14.2. The Labute approximate surface area is 145 Å². The minimum atomic E-state index is 0. The number of nitrogens with one attached hydrogen (secondary N) is 1. The third kappa shape index (κ3) is 4.14. The number of likely N-dealkylation sites (N-methyl/N-ethyl adjacent to an activating group) is 1. The minimum absolute atomic E-state index is 0. The van der Waals surface area contributed by atoms with Gasteiger partial charge in [-0.3, -0.25) is 9.58 Å². The maximum Gasteiger partial charge on any atom is 0.0568 e. The Kier molecular flexibility index (Phi) is 6.22. The summed E-state index contributed by atoms with van der Waals surface area (Å²) in [7, 11) is 4.02. The molecule has 1 aliphatic heterocycles. The maximum absolute atomic E-state index is 4.33. The number of halogens is 1. The molecule has 0 spiro atoms. The summed E-state index contributed by atoms with van der Waals surface area (Å²) >= 11 is 0. The largest absolute Gasteiger partial charge is 0.318 e. The maximum atomic E-state index is 4.33. The van der Waals surface area contributed by atoms with Gasteiger partial charge in [-0.1, -0.05) is 23.8 Å². The number of aryl methyl sites for hydroxylation is 2. The molecular formula is C18H27ClN4. The van der Waals surface area contributed by atoms with E-state index in [9.17, 15) is 0 Å². The number of rotatable bonds is 5. The quantitative estimate of drug-likeness (QED) is 0.912. The van der Waals surface area contributed by atoms with Gasteiger partial charge in [-0.15, -0.1) is 12.4 Å². The molecule has 0 radical (unpaired) electrons. The van der Waals surface area contributed by atoms with Crippen LogP contribution in [-0.2, 0) is 13.6 Å². The number of aromatic nitrogens is 2. The Balaban J connectivity index is 0.00000192. The summed E-state index contributed by atoms with van der Waals surface area (Å²) in [5, 5.41) is 7.66. The molecule has 1 unspecified atom stereocenters. The molecule has 1 aliphatic rings. The summed E-state index contributed by atoms with van der Waals surface area (Å²) in [5.41, 5.74) is 5.24. The van der Waals surface area contributed by atoms with Gasteiger partial charge in [0.15, 0.2) is 0 Å². The van der Waals surface area contributed by atoms with Crippen molar-refractivity contribution in [1.29, 1.82) is 0 Å². The van der Waals surface area contributed by atoms with Gasteiger partial charge in [-0.2, -0.15) is 5.10 Å². The highest BCUT2D eigenvalue weighted by Crippen LogP contribution is 2.28. The number of hydrogen-bond acceptors (Lipinski definition) is 3. The standard InChI is InChI=1S/C18H26N4.ClH/c1-14-6-7-15(13-22-8-4-5-17(22)11-19-2)18(9-14)16-10-20-21(3)12-16;/h6-7,9-10,12,17,19H,4-5,8,11,13H2,1-3H3;1H. The van der Waals surface area contributed by atoms with Crippen molar-refractivity contribution in [2.24, 2.45) is 7.05 Å². The van der Waals surface area contributed by atoms with Gasteiger partial charge in [0.2, 0.25) is 0 Å². The van der Waals surface area contributed by atoms with Crippen LogP contribution in [0, 0.1) is 6.92 Å². The lowest BCUT2D eigenvalue weighted by atomic mass is 9.99. The third-order valence-electron chi connectivity index (χ3n) is 4.59. The summed E-state index contributed by atoms with van der Waals surface area (Å²) in [6.45, 7) is 5.46. The Hall–Kier alpha value is -1.36. The van der Waals surface area contributed by atoms with Crippen molar-refractivity contribution in [1.82, 2.24) is 20.0 Å². The minimum Gasteiger partial charge on any atom is -0.318 e. The fourth-order valence-corrected chi connectivity index (χ4v) is 3.45. The lowest BCUT2D eigenvalue weighted by Crippen LogP contribution is -2.36. The first-order chi connectivity index (χ1) is 10.7. The monoisotopic (exact) mass is 334 g/mol. The first kappa shape index (κ1) is 18.0. The molecule has 0 bridgehead atoms. The van der Waals surface area contributed by atoms with E-state index in [2.05, 4.69) is 46.6 Å². The van der Waals surface area contributed by atoms with Crippen LogP contribution < -0.4 is 5.32 Å². The van der Waals surface area contributed by atoms with Gasteiger partial charge in [0.25, 0.3) is 0 Å². The van der Waals surface area contributed by atoms with Crippen molar-refractivity contribution in [3.05, 3.63) is 41.7 Å². The smallest absolute Gasteiger partial charge is 0.0568 e. The fourth-order valence-electron chi connectivity index (χ4n) is 3.45. The summed E-state index contributed by atoms with van der Waals surface area (Å²) in [6, 6.07) is 7.45. The van der Waals surface area contributed by atoms with E-state index in [-0.39, 0.29) is 12.4 Å². The highest BCUT2D eigenvalue weighted by atomic mass is 35.5. The van der Waals surface area contributed by atoms with Crippen LogP contribution >= 0.6 is 12.4 Å². The second kappa shape index (κ2) is 7.95. The van der Waals surface area contributed by atoms with Gasteiger partial charge in [-0.05, 0) is 44.5 Å². The van der Waals surface area contributed by atoms with Gasteiger partial charge >= 0.3 is 0 Å². The van der Waals surface area contributed by atoms with Crippen molar-refractivity contribution in [3.63, 3.8) is 0 Å². The molecule has 1 N–H and O–H groups in total. The molecule has 1 aromatic carbocycles. The van der Waals surface area contributed by atoms with Crippen LogP contribution in [0.4, 0.5) is 0 Å². The topological polar surface area (TPSA) is 33.1 Å². The Bertz CT molecular complexity index is 638. The lowest BCUT2D eigenvalue weighted by Gasteiger charge is -2.25. The van der Waals surface area contributed by atoms with E-state index in [0.717, 1.165) is 13.1 Å². The van der Waals surface area contributed by atoms with E-state index in [1.165, 1.54) is 41.6 Å². The van der Waals surface area contributed by atoms with Gasteiger partial charge in [0, 0.05) is 37.9 Å². The van der Waals surface area contributed by atoms with E-state index in [4.69, 9.17) is 0 Å². The number of hydrogen-bond donors (Lipinski definition) is 1. The molecule has 1 fully saturated rings. The molecule has 1 aromatic heterocycles. The van der Waals surface area contributed by atoms with Crippen molar-refractivity contribution < 1.29 is 0 Å². The van der Waals surface area contributed by atoms with E-state index < -0.39 is 0 Å². The van der Waals surface area contributed by atoms with Crippen molar-refractivity contribution in [2.45, 2.75) is 32.4 Å². The van der Waals surface area contributed by atoms with Gasteiger partial charge < -0.3 is 5.32 Å². The van der Waals surface area contributed by atoms with Crippen molar-refractivity contribution in [3.8, 4) is 11.1 Å². The molecule has 2 heterocycles. The normalized spacial score (nSPS) is 18.1. The van der Waals surface area contributed by atoms with E-state index in [1.54, 1.807) is 0 Å². The Morgan fingerprint density at radius 2 is 2.17 bits per heavy atom. The van der Waals surface area contributed by atoms with Gasteiger partial charge in [0.1, 0.15) is 0 Å². The average Bonchev–Trinajstić information content (AvgIpc) is 3.11. The molecule has 23 heavy (non-hydrogen) atoms. The summed E-state index contributed by atoms with van der Waals surface area (Å²) < 4.78 is 1.88. The van der Waals surface area contributed by atoms with Crippen LogP contribution in [0.25, 0.3) is 11.1 Å². The first-order valence-electron chi connectivity index (χ1n) is 8.14. The zero-order valence-corrected chi connectivity index (χ0v) is 15.1.